The summed E-state index contributed by atoms with van der Waals surface area (Å²) < 4.78 is 5.25. The molecule has 17 heavy (non-hydrogen) atoms. The SMILES string of the molecule is CC(C(=O)N1CCOCC1)N1CCC[C@@H]1CO. The lowest BCUT2D eigenvalue weighted by atomic mass is 10.2. The van der Waals surface area contributed by atoms with E-state index in [9.17, 15) is 9.90 Å². The Hall–Kier alpha value is -0.650. The molecule has 2 rings (SSSR count). The lowest BCUT2D eigenvalue weighted by Crippen LogP contribution is -2.52. The van der Waals surface area contributed by atoms with Crippen molar-refractivity contribution in [2.45, 2.75) is 31.8 Å². The summed E-state index contributed by atoms with van der Waals surface area (Å²) in [6.45, 7) is 5.69. The highest BCUT2D eigenvalue weighted by Crippen LogP contribution is 2.20. The number of amides is 1. The Kier molecular flexibility index (Phi) is 4.36. The topological polar surface area (TPSA) is 53.0 Å². The van der Waals surface area contributed by atoms with Gasteiger partial charge in [0.15, 0.2) is 0 Å². The summed E-state index contributed by atoms with van der Waals surface area (Å²) >= 11 is 0. The number of nitrogens with zero attached hydrogens (tertiary/aromatic N) is 2. The van der Waals surface area contributed by atoms with Crippen LogP contribution in [0.3, 0.4) is 0 Å². The zero-order valence-corrected chi connectivity index (χ0v) is 10.5. The van der Waals surface area contributed by atoms with Gasteiger partial charge in [0.2, 0.25) is 5.91 Å². The molecule has 2 atom stereocenters. The van der Waals surface area contributed by atoms with E-state index in [0.29, 0.717) is 26.3 Å². The second kappa shape index (κ2) is 5.80. The largest absolute Gasteiger partial charge is 0.395 e. The van der Waals surface area contributed by atoms with Gasteiger partial charge in [-0.3, -0.25) is 9.69 Å². The first-order valence-corrected chi connectivity index (χ1v) is 6.47. The van der Waals surface area contributed by atoms with E-state index in [1.807, 2.05) is 11.8 Å². The van der Waals surface area contributed by atoms with Crippen molar-refractivity contribution in [3.05, 3.63) is 0 Å². The maximum absolute atomic E-state index is 12.3. The van der Waals surface area contributed by atoms with Crippen molar-refractivity contribution < 1.29 is 14.6 Å². The van der Waals surface area contributed by atoms with Crippen LogP contribution in [0.2, 0.25) is 0 Å². The van der Waals surface area contributed by atoms with Crippen molar-refractivity contribution in [3.8, 4) is 0 Å². The molecule has 0 bridgehead atoms. The van der Waals surface area contributed by atoms with E-state index in [-0.39, 0.29) is 24.6 Å². The first-order valence-electron chi connectivity index (χ1n) is 6.47. The minimum absolute atomic E-state index is 0.118. The van der Waals surface area contributed by atoms with Crippen LogP contribution in [-0.4, -0.2) is 72.4 Å². The molecule has 0 aromatic carbocycles. The van der Waals surface area contributed by atoms with Gasteiger partial charge in [-0.05, 0) is 26.3 Å². The molecular formula is C12H22N2O3. The van der Waals surface area contributed by atoms with Crippen LogP contribution in [0.4, 0.5) is 0 Å². The van der Waals surface area contributed by atoms with Gasteiger partial charge in [-0.15, -0.1) is 0 Å². The quantitative estimate of drug-likeness (QED) is 0.737. The Balaban J connectivity index is 1.93. The predicted molar refractivity (Wildman–Crippen MR) is 63.7 cm³/mol. The molecule has 2 aliphatic heterocycles. The third-order valence-corrected chi connectivity index (χ3v) is 3.81. The zero-order chi connectivity index (χ0) is 12.3. The van der Waals surface area contributed by atoms with Gasteiger partial charge in [0.25, 0.3) is 0 Å². The van der Waals surface area contributed by atoms with Crippen LogP contribution >= 0.6 is 0 Å². The molecule has 0 aromatic heterocycles. The number of likely N-dealkylation sites (tertiary alicyclic amines) is 1. The molecule has 1 unspecified atom stereocenters. The average molecular weight is 242 g/mol. The highest BCUT2D eigenvalue weighted by atomic mass is 16.5. The van der Waals surface area contributed by atoms with Crippen molar-refractivity contribution in [2.24, 2.45) is 0 Å². The number of hydrogen-bond acceptors (Lipinski definition) is 4. The molecule has 2 aliphatic rings. The molecule has 2 heterocycles. The number of ether oxygens (including phenoxy) is 1. The number of hydrogen-bond donors (Lipinski definition) is 1. The van der Waals surface area contributed by atoms with E-state index in [0.717, 1.165) is 19.4 Å². The molecule has 1 amide bonds. The van der Waals surface area contributed by atoms with Gasteiger partial charge >= 0.3 is 0 Å². The number of rotatable bonds is 3. The summed E-state index contributed by atoms with van der Waals surface area (Å²) in [6, 6.07) is 0.0442. The van der Waals surface area contributed by atoms with Crippen LogP contribution in [-0.2, 0) is 9.53 Å². The van der Waals surface area contributed by atoms with Crippen molar-refractivity contribution in [1.82, 2.24) is 9.80 Å². The predicted octanol–water partition coefficient (Wildman–Crippen LogP) is -0.310. The number of aliphatic hydroxyl groups excluding tert-OH is 1. The molecular weight excluding hydrogens is 220 g/mol. The zero-order valence-electron chi connectivity index (χ0n) is 10.5. The van der Waals surface area contributed by atoms with E-state index in [1.165, 1.54) is 0 Å². The lowest BCUT2D eigenvalue weighted by Gasteiger charge is -2.34. The van der Waals surface area contributed by atoms with E-state index in [1.54, 1.807) is 0 Å². The van der Waals surface area contributed by atoms with E-state index in [2.05, 4.69) is 4.90 Å². The Morgan fingerprint density at radius 1 is 1.41 bits per heavy atom. The molecule has 2 saturated heterocycles. The van der Waals surface area contributed by atoms with Crippen molar-refractivity contribution in [3.63, 3.8) is 0 Å². The van der Waals surface area contributed by atoms with Gasteiger partial charge in [-0.2, -0.15) is 0 Å². The van der Waals surface area contributed by atoms with E-state index < -0.39 is 0 Å². The molecule has 2 fully saturated rings. The first-order chi connectivity index (χ1) is 8.24. The molecule has 5 heteroatoms. The molecule has 1 N–H and O–H groups in total. The summed E-state index contributed by atoms with van der Waals surface area (Å²) in [5.74, 6) is 0.175. The summed E-state index contributed by atoms with van der Waals surface area (Å²) in [5.41, 5.74) is 0. The number of carbonyl (C=O) groups is 1. The fourth-order valence-corrected chi connectivity index (χ4v) is 2.75. The molecule has 0 aliphatic carbocycles. The van der Waals surface area contributed by atoms with Crippen LogP contribution in [0.25, 0.3) is 0 Å². The third-order valence-electron chi connectivity index (χ3n) is 3.81. The minimum Gasteiger partial charge on any atom is -0.395 e. The summed E-state index contributed by atoms with van der Waals surface area (Å²) in [7, 11) is 0. The normalized spacial score (nSPS) is 28.4. The Labute approximate surface area is 102 Å². The molecule has 98 valence electrons. The molecule has 5 nitrogen and oxygen atoms in total. The second-order valence-electron chi connectivity index (χ2n) is 4.83. The summed E-state index contributed by atoms with van der Waals surface area (Å²) in [4.78, 5) is 16.3. The molecule has 0 saturated carbocycles. The number of morpholine rings is 1. The van der Waals surface area contributed by atoms with Gasteiger partial charge in [0.1, 0.15) is 0 Å². The maximum atomic E-state index is 12.3. The van der Waals surface area contributed by atoms with Crippen LogP contribution in [0.5, 0.6) is 0 Å². The number of aliphatic hydroxyl groups is 1. The van der Waals surface area contributed by atoms with Crippen molar-refractivity contribution >= 4 is 5.91 Å². The van der Waals surface area contributed by atoms with Crippen LogP contribution in [0.1, 0.15) is 19.8 Å². The van der Waals surface area contributed by atoms with Gasteiger partial charge in [0.05, 0.1) is 25.9 Å². The lowest BCUT2D eigenvalue weighted by molar-refractivity contribution is -0.141. The van der Waals surface area contributed by atoms with Gasteiger partial charge in [-0.25, -0.2) is 0 Å². The Morgan fingerprint density at radius 3 is 2.76 bits per heavy atom. The average Bonchev–Trinajstić information content (AvgIpc) is 2.86. The number of carbonyl (C=O) groups excluding carboxylic acids is 1. The van der Waals surface area contributed by atoms with Crippen LogP contribution in [0, 0.1) is 0 Å². The smallest absolute Gasteiger partial charge is 0.239 e. The highest BCUT2D eigenvalue weighted by Gasteiger charge is 2.33. The molecule has 0 spiro atoms. The summed E-state index contributed by atoms with van der Waals surface area (Å²) in [6.07, 6.45) is 2.07. The Morgan fingerprint density at radius 2 is 2.12 bits per heavy atom. The maximum Gasteiger partial charge on any atom is 0.239 e. The van der Waals surface area contributed by atoms with Crippen LogP contribution in [0.15, 0.2) is 0 Å². The van der Waals surface area contributed by atoms with Crippen LogP contribution < -0.4 is 0 Å². The molecule has 0 radical (unpaired) electrons. The monoisotopic (exact) mass is 242 g/mol. The summed E-state index contributed by atoms with van der Waals surface area (Å²) in [5, 5.41) is 9.29. The van der Waals surface area contributed by atoms with E-state index >= 15 is 0 Å². The highest BCUT2D eigenvalue weighted by molar-refractivity contribution is 5.81. The fourth-order valence-electron chi connectivity index (χ4n) is 2.75. The van der Waals surface area contributed by atoms with Crippen molar-refractivity contribution in [2.75, 3.05) is 39.5 Å². The second-order valence-corrected chi connectivity index (χ2v) is 4.83. The van der Waals surface area contributed by atoms with Gasteiger partial charge in [-0.1, -0.05) is 0 Å². The van der Waals surface area contributed by atoms with Crippen molar-refractivity contribution in [1.29, 1.82) is 0 Å². The van der Waals surface area contributed by atoms with Gasteiger partial charge in [0, 0.05) is 19.1 Å². The molecule has 0 aromatic rings. The standard InChI is InChI=1S/C12H22N2O3/c1-10(14-4-2-3-11(14)9-15)12(16)13-5-7-17-8-6-13/h10-11,15H,2-9H2,1H3/t10?,11-/m1/s1. The van der Waals surface area contributed by atoms with Gasteiger partial charge < -0.3 is 14.7 Å². The minimum atomic E-state index is -0.118. The third kappa shape index (κ3) is 2.78. The first kappa shape index (κ1) is 12.8. The van der Waals surface area contributed by atoms with E-state index in [4.69, 9.17) is 4.74 Å². The Bertz CT molecular complexity index is 266. The fraction of sp³-hybridized carbons (Fsp3) is 0.917.